The van der Waals surface area contributed by atoms with Crippen LogP contribution in [0, 0.1) is 0 Å². The summed E-state index contributed by atoms with van der Waals surface area (Å²) in [4.78, 5) is 14.8. The maximum absolute atomic E-state index is 12.7. The molecule has 4 nitrogen and oxygen atoms in total. The van der Waals surface area contributed by atoms with Crippen LogP contribution in [0.5, 0.6) is 0 Å². The van der Waals surface area contributed by atoms with Gasteiger partial charge in [0, 0.05) is 13.1 Å². The minimum atomic E-state index is -0.0537. The topological polar surface area (TPSA) is 41.6 Å². The van der Waals surface area contributed by atoms with Crippen LogP contribution in [0.3, 0.4) is 0 Å². The lowest BCUT2D eigenvalue weighted by atomic mass is 10.0. The first-order valence-corrected chi connectivity index (χ1v) is 9.47. The molecule has 0 unspecified atom stereocenters. The Bertz CT molecular complexity index is 967. The van der Waals surface area contributed by atoms with Gasteiger partial charge in [0.05, 0.1) is 36.0 Å². The van der Waals surface area contributed by atoms with E-state index >= 15 is 0 Å². The largest absolute Gasteiger partial charge is 0.378 e. The zero-order valence-corrected chi connectivity index (χ0v) is 15.7. The second-order valence-electron chi connectivity index (χ2n) is 6.64. The Labute approximate surface area is 163 Å². The highest BCUT2D eigenvalue weighted by Gasteiger charge is 2.19. The number of rotatable bonds is 4. The van der Waals surface area contributed by atoms with Crippen molar-refractivity contribution in [2.75, 3.05) is 36.5 Å². The summed E-state index contributed by atoms with van der Waals surface area (Å²) in [6.07, 6.45) is 0.319. The van der Waals surface area contributed by atoms with Gasteiger partial charge >= 0.3 is 0 Å². The average molecular weight is 381 g/mol. The van der Waals surface area contributed by atoms with Gasteiger partial charge in [-0.15, -0.1) is 0 Å². The van der Waals surface area contributed by atoms with Crippen molar-refractivity contribution in [3.05, 3.63) is 71.2 Å². The molecule has 0 aliphatic carbocycles. The summed E-state index contributed by atoms with van der Waals surface area (Å²) in [5, 5.41) is 5.99. The van der Waals surface area contributed by atoms with E-state index in [1.807, 2.05) is 36.4 Å². The third-order valence-electron chi connectivity index (χ3n) is 4.77. The molecule has 0 spiro atoms. The lowest BCUT2D eigenvalue weighted by molar-refractivity contribution is -0.115. The Kier molecular flexibility index (Phi) is 5.28. The van der Waals surface area contributed by atoms with Crippen LogP contribution in [0.4, 0.5) is 11.4 Å². The number of hydrogen-bond donors (Lipinski definition) is 1. The molecule has 0 saturated carbocycles. The predicted molar refractivity (Wildman–Crippen MR) is 111 cm³/mol. The SMILES string of the molecule is O=C(Cc1ccc2ccccc2c1)Nc1cccc(Cl)c1N1CCOCC1. The smallest absolute Gasteiger partial charge is 0.228 e. The van der Waals surface area contributed by atoms with Gasteiger partial charge in [-0.1, -0.05) is 60.1 Å². The van der Waals surface area contributed by atoms with Gasteiger partial charge in [-0.25, -0.2) is 0 Å². The normalized spacial score (nSPS) is 14.3. The summed E-state index contributed by atoms with van der Waals surface area (Å²) in [7, 11) is 0. The van der Waals surface area contributed by atoms with E-state index < -0.39 is 0 Å². The van der Waals surface area contributed by atoms with Gasteiger partial charge in [-0.2, -0.15) is 0 Å². The lowest BCUT2D eigenvalue weighted by Crippen LogP contribution is -2.37. The van der Waals surface area contributed by atoms with Gasteiger partial charge in [-0.05, 0) is 28.5 Å². The minimum absolute atomic E-state index is 0.0537. The van der Waals surface area contributed by atoms with Crippen molar-refractivity contribution < 1.29 is 9.53 Å². The van der Waals surface area contributed by atoms with Crippen molar-refractivity contribution in [1.82, 2.24) is 0 Å². The summed E-state index contributed by atoms with van der Waals surface area (Å²) in [5.41, 5.74) is 2.60. The van der Waals surface area contributed by atoms with E-state index in [-0.39, 0.29) is 5.91 Å². The molecular formula is C22H21ClN2O2. The van der Waals surface area contributed by atoms with Crippen molar-refractivity contribution in [1.29, 1.82) is 0 Å². The quantitative estimate of drug-likeness (QED) is 0.724. The predicted octanol–water partition coefficient (Wildman–Crippen LogP) is 4.51. The number of halogens is 1. The highest BCUT2D eigenvalue weighted by Crippen LogP contribution is 2.34. The first-order valence-electron chi connectivity index (χ1n) is 9.09. The second kappa shape index (κ2) is 7.99. The molecule has 27 heavy (non-hydrogen) atoms. The summed E-state index contributed by atoms with van der Waals surface area (Å²) in [6.45, 7) is 2.85. The van der Waals surface area contributed by atoms with Crippen LogP contribution in [0.25, 0.3) is 10.8 Å². The summed E-state index contributed by atoms with van der Waals surface area (Å²) >= 11 is 6.44. The molecule has 138 valence electrons. The van der Waals surface area contributed by atoms with Crippen LogP contribution < -0.4 is 10.2 Å². The average Bonchev–Trinajstić information content (AvgIpc) is 2.68. The fraction of sp³-hybridized carbons (Fsp3) is 0.227. The van der Waals surface area contributed by atoms with E-state index in [0.717, 1.165) is 35.4 Å². The summed E-state index contributed by atoms with van der Waals surface area (Å²) in [6, 6.07) is 19.9. The first-order chi connectivity index (χ1) is 13.2. The summed E-state index contributed by atoms with van der Waals surface area (Å²) < 4.78 is 5.42. The molecule has 3 aromatic carbocycles. The molecule has 1 N–H and O–H groups in total. The monoisotopic (exact) mass is 380 g/mol. The number of morpholine rings is 1. The number of ether oxygens (including phenoxy) is 1. The number of nitrogens with one attached hydrogen (secondary N) is 1. The fourth-order valence-electron chi connectivity index (χ4n) is 3.45. The van der Waals surface area contributed by atoms with Crippen molar-refractivity contribution in [3.8, 4) is 0 Å². The van der Waals surface area contributed by atoms with E-state index in [9.17, 15) is 4.79 Å². The van der Waals surface area contributed by atoms with Crippen molar-refractivity contribution in [3.63, 3.8) is 0 Å². The number of nitrogens with zero attached hydrogens (tertiary/aromatic N) is 1. The molecule has 1 amide bonds. The second-order valence-corrected chi connectivity index (χ2v) is 7.05. The molecule has 1 aliphatic heterocycles. The molecule has 1 fully saturated rings. The van der Waals surface area contributed by atoms with Crippen LogP contribution in [0.1, 0.15) is 5.56 Å². The minimum Gasteiger partial charge on any atom is -0.378 e. The lowest BCUT2D eigenvalue weighted by Gasteiger charge is -2.31. The van der Waals surface area contributed by atoms with Gasteiger partial charge in [0.15, 0.2) is 0 Å². The maximum Gasteiger partial charge on any atom is 0.228 e. The molecule has 0 atom stereocenters. The van der Waals surface area contributed by atoms with Crippen LogP contribution in [-0.2, 0) is 16.0 Å². The molecule has 1 aliphatic rings. The molecule has 0 aromatic heterocycles. The van der Waals surface area contributed by atoms with E-state index in [1.165, 1.54) is 5.39 Å². The molecule has 0 bridgehead atoms. The molecule has 0 radical (unpaired) electrons. The molecule has 4 rings (SSSR count). The summed E-state index contributed by atoms with van der Waals surface area (Å²) in [5.74, 6) is -0.0537. The van der Waals surface area contributed by atoms with Gasteiger partial charge in [0.25, 0.3) is 0 Å². The standard InChI is InChI=1S/C22H21ClN2O2/c23-19-6-3-7-20(22(19)25-10-12-27-13-11-25)24-21(26)15-16-8-9-17-4-1-2-5-18(17)14-16/h1-9,14H,10-13,15H2,(H,24,26). The molecule has 1 saturated heterocycles. The first kappa shape index (κ1) is 17.8. The Hall–Kier alpha value is -2.56. The van der Waals surface area contributed by atoms with Gasteiger partial charge in [0.2, 0.25) is 5.91 Å². The highest BCUT2D eigenvalue weighted by atomic mass is 35.5. The molecule has 5 heteroatoms. The van der Waals surface area contributed by atoms with E-state index in [4.69, 9.17) is 16.3 Å². The van der Waals surface area contributed by atoms with E-state index in [1.54, 1.807) is 0 Å². The zero-order valence-electron chi connectivity index (χ0n) is 15.0. The van der Waals surface area contributed by atoms with E-state index in [0.29, 0.717) is 24.7 Å². The molecule has 1 heterocycles. The Morgan fingerprint density at radius 2 is 1.78 bits per heavy atom. The number of carbonyl (C=O) groups excluding carboxylic acids is 1. The van der Waals surface area contributed by atoms with Crippen molar-refractivity contribution >= 4 is 39.7 Å². The van der Waals surface area contributed by atoms with Crippen LogP contribution in [-0.4, -0.2) is 32.2 Å². The van der Waals surface area contributed by atoms with Gasteiger partial charge in [-0.3, -0.25) is 4.79 Å². The number of hydrogen-bond acceptors (Lipinski definition) is 3. The third-order valence-corrected chi connectivity index (χ3v) is 5.07. The number of carbonyl (C=O) groups is 1. The number of para-hydroxylation sites is 1. The molecule has 3 aromatic rings. The van der Waals surface area contributed by atoms with E-state index in [2.05, 4.69) is 34.5 Å². The Morgan fingerprint density at radius 3 is 2.59 bits per heavy atom. The zero-order chi connectivity index (χ0) is 18.6. The number of fused-ring (bicyclic) bond motifs is 1. The number of anilines is 2. The Morgan fingerprint density at radius 1 is 1.00 bits per heavy atom. The highest BCUT2D eigenvalue weighted by molar-refractivity contribution is 6.34. The van der Waals surface area contributed by atoms with Gasteiger partial charge < -0.3 is 15.0 Å². The van der Waals surface area contributed by atoms with Crippen LogP contribution in [0.15, 0.2) is 60.7 Å². The fourth-order valence-corrected chi connectivity index (χ4v) is 3.75. The number of benzene rings is 3. The Balaban J connectivity index is 1.53. The molecular weight excluding hydrogens is 360 g/mol. The third kappa shape index (κ3) is 4.07. The van der Waals surface area contributed by atoms with Crippen molar-refractivity contribution in [2.45, 2.75) is 6.42 Å². The van der Waals surface area contributed by atoms with Crippen molar-refractivity contribution in [2.24, 2.45) is 0 Å². The van der Waals surface area contributed by atoms with Gasteiger partial charge in [0.1, 0.15) is 0 Å². The van der Waals surface area contributed by atoms with Crippen LogP contribution >= 0.6 is 11.6 Å². The van der Waals surface area contributed by atoms with Crippen LogP contribution in [0.2, 0.25) is 5.02 Å². The number of amides is 1. The maximum atomic E-state index is 12.7.